The molecule has 0 atom stereocenters. The quantitative estimate of drug-likeness (QED) is 0.934. The van der Waals surface area contributed by atoms with Crippen molar-refractivity contribution >= 4 is 5.82 Å². The highest BCUT2D eigenvalue weighted by atomic mass is 15.2. The number of aromatic nitrogens is 1. The van der Waals surface area contributed by atoms with Gasteiger partial charge in [-0.25, -0.2) is 4.98 Å². The van der Waals surface area contributed by atoms with Crippen molar-refractivity contribution in [3.8, 4) is 0 Å². The van der Waals surface area contributed by atoms with Gasteiger partial charge in [0, 0.05) is 26.3 Å². The molecule has 21 heavy (non-hydrogen) atoms. The molecule has 0 fully saturated rings. The Balaban J connectivity index is 2.11. The Morgan fingerprint density at radius 3 is 2.38 bits per heavy atom. The summed E-state index contributed by atoms with van der Waals surface area (Å²) in [7, 11) is 2.06. The number of rotatable bonds is 4. The van der Waals surface area contributed by atoms with Crippen LogP contribution in [0, 0.1) is 0 Å². The summed E-state index contributed by atoms with van der Waals surface area (Å²) in [5.74, 6) is 0.987. The van der Waals surface area contributed by atoms with Gasteiger partial charge in [-0.15, -0.1) is 0 Å². The molecule has 2 aromatic rings. The maximum Gasteiger partial charge on any atom is 0.128 e. The van der Waals surface area contributed by atoms with Crippen LogP contribution in [-0.4, -0.2) is 12.0 Å². The van der Waals surface area contributed by atoms with Crippen LogP contribution in [0.4, 0.5) is 5.82 Å². The maximum absolute atomic E-state index is 5.69. The Hall–Kier alpha value is -1.87. The van der Waals surface area contributed by atoms with Crippen molar-refractivity contribution in [1.82, 2.24) is 4.98 Å². The summed E-state index contributed by atoms with van der Waals surface area (Å²) in [5, 5.41) is 0. The van der Waals surface area contributed by atoms with Gasteiger partial charge in [0.25, 0.3) is 0 Å². The molecule has 1 aromatic heterocycles. The zero-order valence-corrected chi connectivity index (χ0v) is 13.4. The summed E-state index contributed by atoms with van der Waals surface area (Å²) in [6.07, 6.45) is 1.97. The van der Waals surface area contributed by atoms with Crippen LogP contribution in [0.1, 0.15) is 37.5 Å². The van der Waals surface area contributed by atoms with Crippen molar-refractivity contribution < 1.29 is 0 Å². The standard InChI is InChI=1S/C18H25N3/c1-18(2,3)16-8-9-17(20-12-16)21(4)13-15-7-5-6-14(10-15)11-19/h5-10,12H,11,13,19H2,1-4H3. The number of pyridine rings is 1. The Labute approximate surface area is 127 Å². The Bertz CT molecular complexity index is 582. The monoisotopic (exact) mass is 283 g/mol. The van der Waals surface area contributed by atoms with E-state index in [1.54, 1.807) is 0 Å². The minimum Gasteiger partial charge on any atom is -0.355 e. The van der Waals surface area contributed by atoms with Crippen LogP contribution >= 0.6 is 0 Å². The molecular weight excluding hydrogens is 258 g/mol. The lowest BCUT2D eigenvalue weighted by molar-refractivity contribution is 0.587. The second kappa shape index (κ2) is 6.27. The van der Waals surface area contributed by atoms with E-state index in [9.17, 15) is 0 Å². The molecule has 0 spiro atoms. The molecule has 0 unspecified atom stereocenters. The van der Waals surface area contributed by atoms with E-state index in [1.807, 2.05) is 6.20 Å². The fourth-order valence-electron chi connectivity index (χ4n) is 2.27. The Morgan fingerprint density at radius 1 is 1.10 bits per heavy atom. The first-order valence-electron chi connectivity index (χ1n) is 7.35. The van der Waals surface area contributed by atoms with Gasteiger partial charge in [0.2, 0.25) is 0 Å². The van der Waals surface area contributed by atoms with Crippen molar-refractivity contribution in [2.24, 2.45) is 5.73 Å². The van der Waals surface area contributed by atoms with Crippen molar-refractivity contribution in [1.29, 1.82) is 0 Å². The largest absolute Gasteiger partial charge is 0.355 e. The second-order valence-electron chi connectivity index (χ2n) is 6.54. The number of nitrogens with zero attached hydrogens (tertiary/aromatic N) is 2. The van der Waals surface area contributed by atoms with Crippen LogP contribution < -0.4 is 10.6 Å². The third-order valence-corrected chi connectivity index (χ3v) is 3.65. The van der Waals surface area contributed by atoms with E-state index < -0.39 is 0 Å². The van der Waals surface area contributed by atoms with E-state index in [0.29, 0.717) is 6.54 Å². The SMILES string of the molecule is CN(Cc1cccc(CN)c1)c1ccc(C(C)(C)C)cn1. The van der Waals surface area contributed by atoms with Crippen molar-refractivity contribution in [3.63, 3.8) is 0 Å². The zero-order chi connectivity index (χ0) is 15.5. The van der Waals surface area contributed by atoms with Crippen molar-refractivity contribution in [2.45, 2.75) is 39.3 Å². The molecule has 0 bridgehead atoms. The van der Waals surface area contributed by atoms with Crippen molar-refractivity contribution in [3.05, 3.63) is 59.3 Å². The molecule has 0 aliphatic rings. The predicted molar refractivity (Wildman–Crippen MR) is 89.4 cm³/mol. The molecule has 112 valence electrons. The molecule has 0 radical (unpaired) electrons. The first-order chi connectivity index (χ1) is 9.90. The summed E-state index contributed by atoms with van der Waals surface area (Å²) < 4.78 is 0. The lowest BCUT2D eigenvalue weighted by atomic mass is 9.88. The van der Waals surface area contributed by atoms with Crippen LogP contribution in [0.25, 0.3) is 0 Å². The lowest BCUT2D eigenvalue weighted by Crippen LogP contribution is -2.19. The van der Waals surface area contributed by atoms with Gasteiger partial charge in [-0.2, -0.15) is 0 Å². The molecule has 0 saturated heterocycles. The summed E-state index contributed by atoms with van der Waals surface area (Å²) >= 11 is 0. The van der Waals surface area contributed by atoms with Crippen LogP contribution in [0.3, 0.4) is 0 Å². The molecule has 1 aromatic carbocycles. The van der Waals surface area contributed by atoms with Gasteiger partial charge < -0.3 is 10.6 Å². The third-order valence-electron chi connectivity index (χ3n) is 3.65. The summed E-state index contributed by atoms with van der Waals surface area (Å²) in [6, 6.07) is 12.6. The lowest BCUT2D eigenvalue weighted by Gasteiger charge is -2.22. The fourth-order valence-corrected chi connectivity index (χ4v) is 2.27. The van der Waals surface area contributed by atoms with Crippen LogP contribution in [0.2, 0.25) is 0 Å². The highest BCUT2D eigenvalue weighted by Gasteiger charge is 2.14. The van der Waals surface area contributed by atoms with Crippen LogP contribution in [0.15, 0.2) is 42.6 Å². The highest BCUT2D eigenvalue weighted by Crippen LogP contribution is 2.23. The van der Waals surface area contributed by atoms with Gasteiger partial charge in [0.1, 0.15) is 5.82 Å². The smallest absolute Gasteiger partial charge is 0.128 e. The molecule has 0 amide bonds. The number of hydrogen-bond donors (Lipinski definition) is 1. The number of nitrogens with two attached hydrogens (primary N) is 1. The van der Waals surface area contributed by atoms with E-state index in [1.165, 1.54) is 11.1 Å². The first-order valence-corrected chi connectivity index (χ1v) is 7.35. The fraction of sp³-hybridized carbons (Fsp3) is 0.389. The van der Waals surface area contributed by atoms with E-state index in [4.69, 9.17) is 5.73 Å². The summed E-state index contributed by atoms with van der Waals surface area (Å²) in [5.41, 5.74) is 9.50. The number of hydrogen-bond acceptors (Lipinski definition) is 3. The zero-order valence-electron chi connectivity index (χ0n) is 13.4. The molecule has 3 heteroatoms. The molecular formula is C18H25N3. The molecule has 0 saturated carbocycles. The molecule has 1 heterocycles. The average molecular weight is 283 g/mol. The molecule has 2 N–H and O–H groups in total. The summed E-state index contributed by atoms with van der Waals surface area (Å²) in [6.45, 7) is 8.01. The van der Waals surface area contributed by atoms with Gasteiger partial charge >= 0.3 is 0 Å². The first kappa shape index (κ1) is 15.5. The second-order valence-corrected chi connectivity index (χ2v) is 6.54. The van der Waals surface area contributed by atoms with Gasteiger partial charge in [-0.3, -0.25) is 0 Å². The number of benzene rings is 1. The highest BCUT2D eigenvalue weighted by molar-refractivity contribution is 5.41. The van der Waals surface area contributed by atoms with E-state index >= 15 is 0 Å². The van der Waals surface area contributed by atoms with E-state index in [-0.39, 0.29) is 5.41 Å². The minimum absolute atomic E-state index is 0.138. The third kappa shape index (κ3) is 4.05. The van der Waals surface area contributed by atoms with Crippen LogP contribution in [-0.2, 0) is 18.5 Å². The number of anilines is 1. The molecule has 3 nitrogen and oxygen atoms in total. The summed E-state index contributed by atoms with van der Waals surface area (Å²) in [4.78, 5) is 6.74. The van der Waals surface area contributed by atoms with E-state index in [0.717, 1.165) is 17.9 Å². The van der Waals surface area contributed by atoms with Gasteiger partial charge in [0.15, 0.2) is 0 Å². The molecule has 0 aliphatic carbocycles. The normalized spacial score (nSPS) is 11.5. The van der Waals surface area contributed by atoms with Gasteiger partial charge in [-0.1, -0.05) is 51.1 Å². The minimum atomic E-state index is 0.138. The maximum atomic E-state index is 5.69. The van der Waals surface area contributed by atoms with Gasteiger partial charge in [-0.05, 0) is 28.2 Å². The Morgan fingerprint density at radius 2 is 1.81 bits per heavy atom. The Kier molecular flexibility index (Phi) is 4.63. The van der Waals surface area contributed by atoms with Crippen molar-refractivity contribution in [2.75, 3.05) is 11.9 Å². The predicted octanol–water partition coefficient (Wildman–Crippen LogP) is 3.47. The van der Waals surface area contributed by atoms with E-state index in [2.05, 4.69) is 74.1 Å². The van der Waals surface area contributed by atoms with Gasteiger partial charge in [0.05, 0.1) is 0 Å². The topological polar surface area (TPSA) is 42.1 Å². The molecule has 2 rings (SSSR count). The van der Waals surface area contributed by atoms with Crippen LogP contribution in [0.5, 0.6) is 0 Å². The average Bonchev–Trinajstić information content (AvgIpc) is 2.46. The molecule has 0 aliphatic heterocycles.